The summed E-state index contributed by atoms with van der Waals surface area (Å²) in [7, 11) is 0. The number of allylic oxidation sites excluding steroid dienone is 13. The summed E-state index contributed by atoms with van der Waals surface area (Å²) in [4.78, 5) is 0. The molecule has 0 spiro atoms. The van der Waals surface area contributed by atoms with Crippen molar-refractivity contribution in [2.45, 2.75) is 107 Å². The molecule has 0 radical (unpaired) electrons. The van der Waals surface area contributed by atoms with Crippen molar-refractivity contribution in [2.24, 2.45) is 17.3 Å². The first-order chi connectivity index (χ1) is 19.2. The van der Waals surface area contributed by atoms with Crippen LogP contribution in [-0.4, -0.2) is 0 Å². The predicted octanol–water partition coefficient (Wildman–Crippen LogP) is 12.9. The van der Waals surface area contributed by atoms with Gasteiger partial charge >= 0.3 is 0 Å². The Morgan fingerprint density at radius 2 is 1.66 bits per heavy atom. The first-order valence-electron chi connectivity index (χ1n) is 15.7. The second-order valence-corrected chi connectivity index (χ2v) is 13.6. The van der Waals surface area contributed by atoms with Crippen molar-refractivity contribution < 1.29 is 0 Å². The van der Waals surface area contributed by atoms with E-state index in [0.29, 0.717) is 23.2 Å². The Morgan fingerprint density at radius 1 is 1.02 bits per heavy atom. The fraction of sp³-hybridized carbons (Fsp3) is 0.463. The molecule has 1 aromatic carbocycles. The van der Waals surface area contributed by atoms with E-state index in [1.165, 1.54) is 56.6 Å². The van der Waals surface area contributed by atoms with Crippen molar-refractivity contribution in [3.8, 4) is 0 Å². The monoisotopic (exact) mass is 550 g/mol. The molecule has 1 fully saturated rings. The molecule has 1 saturated carbocycles. The molecule has 0 saturated heterocycles. The van der Waals surface area contributed by atoms with Gasteiger partial charge in [0.15, 0.2) is 0 Å². The van der Waals surface area contributed by atoms with Gasteiger partial charge in [-0.3, -0.25) is 0 Å². The molecular weight excluding hydrogens is 492 g/mol. The Hall–Kier alpha value is -2.86. The van der Waals surface area contributed by atoms with E-state index in [0.717, 1.165) is 31.3 Å². The van der Waals surface area contributed by atoms with E-state index >= 15 is 0 Å². The van der Waals surface area contributed by atoms with Gasteiger partial charge < -0.3 is 0 Å². The summed E-state index contributed by atoms with van der Waals surface area (Å²) in [5.74, 6) is 1.48. The molecule has 0 nitrogen and oxygen atoms in total. The lowest BCUT2D eigenvalue weighted by molar-refractivity contribution is 0.215. The molecule has 1 aliphatic carbocycles. The Labute approximate surface area is 254 Å². The molecular formula is C41H58. The average molecular weight is 551 g/mol. The normalized spacial score (nSPS) is 19.4. The quantitative estimate of drug-likeness (QED) is 0.240. The van der Waals surface area contributed by atoms with Gasteiger partial charge in [0.25, 0.3) is 0 Å². The number of rotatable bonds is 11. The molecule has 0 amide bonds. The molecule has 3 atom stereocenters. The SMILES string of the molecule is C=C(C)/C=C\C(=C/C)c1ccc([C@@H](CCC)C(C)C(=C)/C(C)=C/C(/C=C2/CC(C(C)(C)C)CCC2=C)=C(C)C)cc1. The van der Waals surface area contributed by atoms with Crippen LogP contribution in [0.1, 0.15) is 118 Å². The highest BCUT2D eigenvalue weighted by molar-refractivity contribution is 5.74. The number of benzene rings is 1. The molecule has 222 valence electrons. The topological polar surface area (TPSA) is 0 Å². The maximum atomic E-state index is 4.65. The minimum Gasteiger partial charge on any atom is -0.0961 e. The summed E-state index contributed by atoms with van der Waals surface area (Å²) < 4.78 is 0. The molecule has 0 heterocycles. The van der Waals surface area contributed by atoms with Gasteiger partial charge in [-0.05, 0) is 122 Å². The summed E-state index contributed by atoms with van der Waals surface area (Å²) >= 11 is 0. The molecule has 0 aromatic heterocycles. The predicted molar refractivity (Wildman–Crippen MR) is 186 cm³/mol. The molecule has 0 bridgehead atoms. The minimum absolute atomic E-state index is 0.322. The zero-order chi connectivity index (χ0) is 30.9. The van der Waals surface area contributed by atoms with Gasteiger partial charge in [-0.2, -0.15) is 0 Å². The van der Waals surface area contributed by atoms with Crippen LogP contribution < -0.4 is 0 Å². The lowest BCUT2D eigenvalue weighted by Crippen LogP contribution is -2.24. The van der Waals surface area contributed by atoms with Crippen molar-refractivity contribution in [3.05, 3.63) is 125 Å². The maximum absolute atomic E-state index is 4.65. The zero-order valence-corrected chi connectivity index (χ0v) is 28.1. The standard InChI is InChI=1S/C41H58/c1-14-16-40(36-22-20-35(21-23-36)34(15-2)19-17-28(3)4)33(10)32(9)31(8)25-37(29(5)6)26-38-27-39(41(11,12)13)24-18-30(38)7/h15,17,19-23,25-26,33,39-40H,3,7,9,14,16,18,24,27H2,1-2,4-6,8,10-13H3/b19-17-,31-25+,34-15+,38-26-/t33?,39?,40-/m0/s1. The Morgan fingerprint density at radius 3 is 2.17 bits per heavy atom. The summed E-state index contributed by atoms with van der Waals surface area (Å²) in [6, 6.07) is 9.18. The van der Waals surface area contributed by atoms with Crippen LogP contribution in [0.25, 0.3) is 5.57 Å². The van der Waals surface area contributed by atoms with E-state index in [9.17, 15) is 0 Å². The molecule has 2 rings (SSSR count). The third-order valence-corrected chi connectivity index (χ3v) is 9.01. The van der Waals surface area contributed by atoms with E-state index < -0.39 is 0 Å². The van der Waals surface area contributed by atoms with E-state index in [4.69, 9.17) is 0 Å². The fourth-order valence-electron chi connectivity index (χ4n) is 5.90. The smallest absolute Gasteiger partial charge is 0.00959 e. The van der Waals surface area contributed by atoms with Gasteiger partial charge in [0.1, 0.15) is 0 Å². The first-order valence-corrected chi connectivity index (χ1v) is 15.7. The summed E-state index contributed by atoms with van der Waals surface area (Å²) in [5, 5.41) is 0. The molecule has 0 heteroatoms. The molecule has 0 aliphatic heterocycles. The van der Waals surface area contributed by atoms with Crippen LogP contribution in [-0.2, 0) is 0 Å². The van der Waals surface area contributed by atoms with E-state index in [2.05, 4.69) is 137 Å². The highest BCUT2D eigenvalue weighted by Crippen LogP contribution is 2.42. The van der Waals surface area contributed by atoms with Gasteiger partial charge in [-0.15, -0.1) is 0 Å². The van der Waals surface area contributed by atoms with E-state index in [-0.39, 0.29) is 0 Å². The highest BCUT2D eigenvalue weighted by atomic mass is 14.3. The largest absolute Gasteiger partial charge is 0.0961 e. The zero-order valence-electron chi connectivity index (χ0n) is 28.1. The second kappa shape index (κ2) is 15.4. The number of hydrogen-bond donors (Lipinski definition) is 0. The van der Waals surface area contributed by atoms with E-state index in [1.54, 1.807) is 0 Å². The van der Waals surface area contributed by atoms with Gasteiger partial charge in [-0.1, -0.05) is 132 Å². The van der Waals surface area contributed by atoms with Gasteiger partial charge in [-0.25, -0.2) is 0 Å². The van der Waals surface area contributed by atoms with Gasteiger partial charge in [0.05, 0.1) is 0 Å². The molecule has 1 aromatic rings. The van der Waals surface area contributed by atoms with Crippen LogP contribution in [0, 0.1) is 17.3 Å². The Kier molecular flexibility index (Phi) is 12.9. The molecule has 1 aliphatic rings. The summed E-state index contributed by atoms with van der Waals surface area (Å²) in [6.45, 7) is 35.7. The van der Waals surface area contributed by atoms with Crippen LogP contribution >= 0.6 is 0 Å². The summed E-state index contributed by atoms with van der Waals surface area (Å²) in [5.41, 5.74) is 13.1. The Balaban J connectivity index is 2.33. The van der Waals surface area contributed by atoms with E-state index in [1.807, 2.05) is 6.92 Å². The minimum atomic E-state index is 0.322. The van der Waals surface area contributed by atoms with Crippen molar-refractivity contribution in [2.75, 3.05) is 0 Å². The van der Waals surface area contributed by atoms with Crippen LogP contribution in [0.5, 0.6) is 0 Å². The van der Waals surface area contributed by atoms with Gasteiger partial charge in [0.2, 0.25) is 0 Å². The van der Waals surface area contributed by atoms with Crippen molar-refractivity contribution in [1.82, 2.24) is 0 Å². The molecule has 2 unspecified atom stereocenters. The lowest BCUT2D eigenvalue weighted by atomic mass is 9.69. The van der Waals surface area contributed by atoms with Crippen molar-refractivity contribution >= 4 is 5.57 Å². The van der Waals surface area contributed by atoms with Gasteiger partial charge in [0, 0.05) is 0 Å². The highest BCUT2D eigenvalue weighted by Gasteiger charge is 2.29. The van der Waals surface area contributed by atoms with Crippen LogP contribution in [0.4, 0.5) is 0 Å². The van der Waals surface area contributed by atoms with Crippen molar-refractivity contribution in [1.29, 1.82) is 0 Å². The van der Waals surface area contributed by atoms with Crippen LogP contribution in [0.3, 0.4) is 0 Å². The Bertz CT molecular complexity index is 1240. The lowest BCUT2D eigenvalue weighted by Gasteiger charge is -2.36. The third-order valence-electron chi connectivity index (χ3n) is 9.01. The van der Waals surface area contributed by atoms with Crippen molar-refractivity contribution in [3.63, 3.8) is 0 Å². The van der Waals surface area contributed by atoms with Crippen LogP contribution in [0.2, 0.25) is 0 Å². The maximum Gasteiger partial charge on any atom is -0.00959 e. The second-order valence-electron chi connectivity index (χ2n) is 13.6. The number of hydrogen-bond acceptors (Lipinski definition) is 0. The third kappa shape index (κ3) is 9.88. The average Bonchev–Trinajstić information content (AvgIpc) is 2.91. The molecule has 41 heavy (non-hydrogen) atoms. The van der Waals surface area contributed by atoms with Crippen LogP contribution in [0.15, 0.2) is 113 Å². The molecule has 0 N–H and O–H groups in total. The first kappa shape index (κ1) is 34.3. The summed E-state index contributed by atoms with van der Waals surface area (Å²) in [6.07, 6.45) is 16.9. The fourth-order valence-corrected chi connectivity index (χ4v) is 5.90.